The summed E-state index contributed by atoms with van der Waals surface area (Å²) in [5.74, 6) is -0.536. The SMILES string of the molecule is O=C(O)c1csc(C(=O)N2CCCC2C2CCCC2)n1. The molecule has 2 aliphatic rings. The molecular formula is C14H18N2O3S. The number of aromatic nitrogens is 1. The van der Waals surface area contributed by atoms with Crippen molar-refractivity contribution in [1.29, 1.82) is 0 Å². The molecule has 1 aliphatic heterocycles. The van der Waals surface area contributed by atoms with Crippen molar-refractivity contribution < 1.29 is 14.7 Å². The van der Waals surface area contributed by atoms with Crippen LogP contribution in [0.3, 0.4) is 0 Å². The second-order valence-electron chi connectivity index (χ2n) is 5.60. The van der Waals surface area contributed by atoms with Gasteiger partial charge in [-0.25, -0.2) is 9.78 Å². The van der Waals surface area contributed by atoms with Gasteiger partial charge in [-0.1, -0.05) is 12.8 Å². The number of nitrogens with zero attached hydrogens (tertiary/aromatic N) is 2. The maximum absolute atomic E-state index is 12.5. The summed E-state index contributed by atoms with van der Waals surface area (Å²) in [6, 6.07) is 0.335. The van der Waals surface area contributed by atoms with Gasteiger partial charge in [0.15, 0.2) is 10.7 Å². The van der Waals surface area contributed by atoms with Crippen LogP contribution in [-0.2, 0) is 0 Å². The van der Waals surface area contributed by atoms with E-state index < -0.39 is 5.97 Å². The van der Waals surface area contributed by atoms with Crippen molar-refractivity contribution in [2.45, 2.75) is 44.6 Å². The zero-order valence-electron chi connectivity index (χ0n) is 11.2. The molecule has 1 N–H and O–H groups in total. The lowest BCUT2D eigenvalue weighted by Crippen LogP contribution is -2.39. The molecule has 5 nitrogen and oxygen atoms in total. The van der Waals surface area contributed by atoms with Crippen molar-refractivity contribution in [3.63, 3.8) is 0 Å². The van der Waals surface area contributed by atoms with E-state index in [2.05, 4.69) is 4.98 Å². The Balaban J connectivity index is 1.76. The van der Waals surface area contributed by atoms with E-state index in [1.54, 1.807) is 0 Å². The van der Waals surface area contributed by atoms with Gasteiger partial charge in [0.1, 0.15) is 0 Å². The standard InChI is InChI=1S/C14H18N2O3S/c17-13(12-15-10(8-20-12)14(18)19)16-7-3-6-11(16)9-4-1-2-5-9/h8-9,11H,1-7H2,(H,18,19). The van der Waals surface area contributed by atoms with E-state index in [9.17, 15) is 9.59 Å². The van der Waals surface area contributed by atoms with Crippen LogP contribution in [0.25, 0.3) is 0 Å². The summed E-state index contributed by atoms with van der Waals surface area (Å²) < 4.78 is 0. The highest BCUT2D eigenvalue weighted by Crippen LogP contribution is 2.36. The van der Waals surface area contributed by atoms with Gasteiger partial charge in [-0.2, -0.15) is 0 Å². The molecule has 6 heteroatoms. The Labute approximate surface area is 121 Å². The number of aromatic carboxylic acids is 1. The van der Waals surface area contributed by atoms with Gasteiger partial charge in [0.25, 0.3) is 5.91 Å². The summed E-state index contributed by atoms with van der Waals surface area (Å²) in [6.45, 7) is 0.780. The van der Waals surface area contributed by atoms with Crippen LogP contribution in [0.5, 0.6) is 0 Å². The molecule has 1 saturated heterocycles. The van der Waals surface area contributed by atoms with E-state index in [4.69, 9.17) is 5.11 Å². The Hall–Kier alpha value is -1.43. The second kappa shape index (κ2) is 5.52. The number of thiazole rings is 1. The van der Waals surface area contributed by atoms with Crippen LogP contribution in [-0.4, -0.2) is 39.5 Å². The zero-order valence-corrected chi connectivity index (χ0v) is 12.1. The van der Waals surface area contributed by atoms with E-state index in [0.717, 1.165) is 30.7 Å². The summed E-state index contributed by atoms with van der Waals surface area (Å²) in [5, 5.41) is 10.6. The van der Waals surface area contributed by atoms with Gasteiger partial charge in [0.2, 0.25) is 0 Å². The Morgan fingerprint density at radius 2 is 2.00 bits per heavy atom. The minimum absolute atomic E-state index is 0.0324. The predicted molar refractivity (Wildman–Crippen MR) is 75.1 cm³/mol. The third kappa shape index (κ3) is 2.44. The van der Waals surface area contributed by atoms with E-state index in [0.29, 0.717) is 17.0 Å². The molecule has 1 aromatic heterocycles. The molecule has 20 heavy (non-hydrogen) atoms. The number of hydrogen-bond acceptors (Lipinski definition) is 4. The van der Waals surface area contributed by atoms with E-state index in [1.807, 2.05) is 4.90 Å². The molecule has 0 radical (unpaired) electrons. The van der Waals surface area contributed by atoms with Gasteiger partial charge >= 0.3 is 5.97 Å². The Bertz CT molecular complexity index is 522. The fraction of sp³-hybridized carbons (Fsp3) is 0.643. The van der Waals surface area contributed by atoms with Crippen molar-refractivity contribution in [2.24, 2.45) is 5.92 Å². The molecule has 1 aromatic rings. The van der Waals surface area contributed by atoms with Gasteiger partial charge in [-0.05, 0) is 31.6 Å². The van der Waals surface area contributed by atoms with Gasteiger partial charge in [0, 0.05) is 18.0 Å². The van der Waals surface area contributed by atoms with Crippen molar-refractivity contribution in [3.8, 4) is 0 Å². The fourth-order valence-electron chi connectivity index (χ4n) is 3.47. The quantitative estimate of drug-likeness (QED) is 0.930. The highest BCUT2D eigenvalue weighted by atomic mass is 32.1. The molecule has 2 heterocycles. The molecule has 1 amide bonds. The van der Waals surface area contributed by atoms with Crippen molar-refractivity contribution in [2.75, 3.05) is 6.54 Å². The Morgan fingerprint density at radius 3 is 2.65 bits per heavy atom. The first kappa shape index (κ1) is 13.5. The lowest BCUT2D eigenvalue weighted by Gasteiger charge is -2.28. The summed E-state index contributed by atoms with van der Waals surface area (Å²) >= 11 is 1.13. The number of hydrogen-bond donors (Lipinski definition) is 1. The smallest absolute Gasteiger partial charge is 0.355 e. The molecule has 0 spiro atoms. The van der Waals surface area contributed by atoms with Gasteiger partial charge in [-0.3, -0.25) is 4.79 Å². The van der Waals surface area contributed by atoms with E-state index in [-0.39, 0.29) is 11.6 Å². The highest BCUT2D eigenvalue weighted by molar-refractivity contribution is 7.11. The van der Waals surface area contributed by atoms with E-state index in [1.165, 1.54) is 31.1 Å². The molecule has 0 bridgehead atoms. The lowest BCUT2D eigenvalue weighted by atomic mass is 9.96. The maximum atomic E-state index is 12.5. The minimum Gasteiger partial charge on any atom is -0.476 e. The monoisotopic (exact) mass is 294 g/mol. The summed E-state index contributed by atoms with van der Waals surface area (Å²) in [5.41, 5.74) is -0.0324. The van der Waals surface area contributed by atoms with Crippen molar-refractivity contribution in [1.82, 2.24) is 9.88 Å². The summed E-state index contributed by atoms with van der Waals surface area (Å²) in [7, 11) is 0. The first-order valence-corrected chi connectivity index (χ1v) is 8.04. The number of carboxylic acid groups (broad SMARTS) is 1. The zero-order chi connectivity index (χ0) is 14.1. The third-order valence-corrected chi connectivity index (χ3v) is 5.24. The van der Waals surface area contributed by atoms with Crippen LogP contribution in [0.15, 0.2) is 5.38 Å². The van der Waals surface area contributed by atoms with Crippen LogP contribution in [0.2, 0.25) is 0 Å². The number of carbonyl (C=O) groups is 2. The number of amides is 1. The van der Waals surface area contributed by atoms with Crippen LogP contribution < -0.4 is 0 Å². The molecule has 108 valence electrons. The normalized spacial score (nSPS) is 23.4. The molecule has 1 unspecified atom stereocenters. The Morgan fingerprint density at radius 1 is 1.25 bits per heavy atom. The molecule has 1 atom stereocenters. The first-order valence-electron chi connectivity index (χ1n) is 7.16. The maximum Gasteiger partial charge on any atom is 0.355 e. The van der Waals surface area contributed by atoms with Crippen molar-refractivity contribution in [3.05, 3.63) is 16.1 Å². The molecule has 1 aliphatic carbocycles. The third-order valence-electron chi connectivity index (χ3n) is 4.41. The average Bonchev–Trinajstić information content (AvgIpc) is 3.17. The summed E-state index contributed by atoms with van der Waals surface area (Å²) in [4.78, 5) is 29.3. The fourth-order valence-corrected chi connectivity index (χ4v) is 4.22. The molecular weight excluding hydrogens is 276 g/mol. The topological polar surface area (TPSA) is 70.5 Å². The number of carboxylic acids is 1. The number of carbonyl (C=O) groups excluding carboxylic acids is 1. The minimum atomic E-state index is -1.07. The summed E-state index contributed by atoms with van der Waals surface area (Å²) in [6.07, 6.45) is 7.09. The van der Waals surface area contributed by atoms with Gasteiger partial charge in [-0.15, -0.1) is 11.3 Å². The lowest BCUT2D eigenvalue weighted by molar-refractivity contribution is 0.0685. The van der Waals surface area contributed by atoms with Crippen molar-refractivity contribution >= 4 is 23.2 Å². The molecule has 2 fully saturated rings. The van der Waals surface area contributed by atoms with E-state index >= 15 is 0 Å². The predicted octanol–water partition coefficient (Wildman–Crippen LogP) is 2.64. The number of rotatable bonds is 3. The largest absolute Gasteiger partial charge is 0.476 e. The van der Waals surface area contributed by atoms with Crippen LogP contribution >= 0.6 is 11.3 Å². The van der Waals surface area contributed by atoms with Gasteiger partial charge < -0.3 is 10.0 Å². The molecule has 1 saturated carbocycles. The molecule has 3 rings (SSSR count). The van der Waals surface area contributed by atoms with Gasteiger partial charge in [0.05, 0.1) is 0 Å². The Kier molecular flexibility index (Phi) is 3.74. The van der Waals surface area contributed by atoms with Crippen LogP contribution in [0.4, 0.5) is 0 Å². The highest BCUT2D eigenvalue weighted by Gasteiger charge is 2.37. The van der Waals surface area contributed by atoms with Crippen LogP contribution in [0.1, 0.15) is 58.8 Å². The number of likely N-dealkylation sites (tertiary alicyclic amines) is 1. The van der Waals surface area contributed by atoms with Crippen LogP contribution in [0, 0.1) is 5.92 Å². The second-order valence-corrected chi connectivity index (χ2v) is 6.45. The molecule has 0 aromatic carbocycles. The average molecular weight is 294 g/mol. The first-order chi connectivity index (χ1) is 9.66.